The van der Waals surface area contributed by atoms with Gasteiger partial charge in [0.25, 0.3) is 5.91 Å². The van der Waals surface area contributed by atoms with Crippen LogP contribution in [0.4, 0.5) is 10.1 Å². The minimum Gasteiger partial charge on any atom is -0.490 e. The van der Waals surface area contributed by atoms with Gasteiger partial charge in [0.1, 0.15) is 0 Å². The number of ether oxygens (including phenoxy) is 2. The van der Waals surface area contributed by atoms with Crippen molar-refractivity contribution in [3.05, 3.63) is 75.9 Å². The highest BCUT2D eigenvalue weighted by molar-refractivity contribution is 6.03. The standard InChI is InChI=1S/C36H41FN4O5/c1-20-25-12-9-17-45-32(25)27(37)18-26(20)31-30(33(35(43)44)46-36(3,4)5)21(2)38-29-19-28(40-41(29)31)34(42)39-24-15-13-23(14-16-24)22-10-7-6-8-11-22/h13-16,18-19,22,33H,6-12,17H2,1-5H3,(H,39,42)(H,43,44)/t33-/m0/s1. The van der Waals surface area contributed by atoms with Crippen molar-refractivity contribution in [1.82, 2.24) is 14.6 Å². The zero-order valence-electron chi connectivity index (χ0n) is 27.1. The molecule has 10 heteroatoms. The maximum Gasteiger partial charge on any atom is 0.337 e. The Morgan fingerprint density at radius 3 is 2.48 bits per heavy atom. The molecular formula is C36H41FN4O5. The number of aliphatic carboxylic acids is 1. The average molecular weight is 629 g/mol. The number of rotatable bonds is 7. The van der Waals surface area contributed by atoms with Crippen LogP contribution in [0.15, 0.2) is 36.4 Å². The van der Waals surface area contributed by atoms with Gasteiger partial charge in [0, 0.05) is 34.1 Å². The molecule has 1 fully saturated rings. The summed E-state index contributed by atoms with van der Waals surface area (Å²) in [6.45, 7) is 9.28. The number of carboxylic acid groups (broad SMARTS) is 1. The van der Waals surface area contributed by atoms with Crippen LogP contribution in [0.3, 0.4) is 0 Å². The van der Waals surface area contributed by atoms with Crippen molar-refractivity contribution in [3.63, 3.8) is 0 Å². The number of amides is 1. The molecule has 1 aliphatic carbocycles. The number of hydrogen-bond acceptors (Lipinski definition) is 6. The van der Waals surface area contributed by atoms with Gasteiger partial charge >= 0.3 is 5.97 Å². The van der Waals surface area contributed by atoms with Crippen LogP contribution in [0.2, 0.25) is 0 Å². The van der Waals surface area contributed by atoms with E-state index >= 15 is 4.39 Å². The Kier molecular flexibility index (Phi) is 8.58. The van der Waals surface area contributed by atoms with E-state index in [9.17, 15) is 14.7 Å². The first kappa shape index (κ1) is 31.7. The van der Waals surface area contributed by atoms with Gasteiger partial charge in [0.15, 0.2) is 29.0 Å². The topological polar surface area (TPSA) is 115 Å². The van der Waals surface area contributed by atoms with E-state index in [1.807, 2.05) is 19.1 Å². The van der Waals surface area contributed by atoms with Gasteiger partial charge in [-0.25, -0.2) is 18.7 Å². The second kappa shape index (κ2) is 12.5. The minimum atomic E-state index is -1.44. The zero-order valence-corrected chi connectivity index (χ0v) is 27.1. The third-order valence-electron chi connectivity index (χ3n) is 8.96. The Morgan fingerprint density at radius 1 is 1.09 bits per heavy atom. The van der Waals surface area contributed by atoms with Crippen molar-refractivity contribution in [2.24, 2.45) is 0 Å². The predicted molar refractivity (Wildman–Crippen MR) is 173 cm³/mol. The summed E-state index contributed by atoms with van der Waals surface area (Å²) < 4.78 is 28.8. The molecule has 0 unspecified atom stereocenters. The van der Waals surface area contributed by atoms with Crippen molar-refractivity contribution >= 4 is 23.2 Å². The number of carboxylic acids is 1. The number of anilines is 1. The summed E-state index contributed by atoms with van der Waals surface area (Å²) in [5.41, 5.74) is 4.32. The molecular weight excluding hydrogens is 587 g/mol. The van der Waals surface area contributed by atoms with Crippen molar-refractivity contribution in [2.45, 2.75) is 97.2 Å². The minimum absolute atomic E-state index is 0.0877. The van der Waals surface area contributed by atoms with Gasteiger partial charge in [0.05, 0.1) is 17.9 Å². The maximum absolute atomic E-state index is 15.6. The van der Waals surface area contributed by atoms with E-state index in [2.05, 4.69) is 27.5 Å². The summed E-state index contributed by atoms with van der Waals surface area (Å²) in [7, 11) is 0. The van der Waals surface area contributed by atoms with Crippen molar-refractivity contribution in [3.8, 4) is 17.0 Å². The lowest BCUT2D eigenvalue weighted by atomic mass is 9.84. The summed E-state index contributed by atoms with van der Waals surface area (Å²) in [5.74, 6) is -1.44. The van der Waals surface area contributed by atoms with Crippen LogP contribution in [-0.4, -0.2) is 43.8 Å². The SMILES string of the molecule is Cc1nc2cc(C(=O)Nc3ccc(C4CCCCC4)cc3)nn2c(-c2cc(F)c3c(c2C)CCCO3)c1[C@H](OC(C)(C)C)C(=O)O. The number of carbonyl (C=O) groups excluding carboxylic acids is 1. The molecule has 242 valence electrons. The Balaban J connectivity index is 1.46. The molecule has 1 aliphatic heterocycles. The van der Waals surface area contributed by atoms with Gasteiger partial charge in [-0.1, -0.05) is 31.4 Å². The first-order chi connectivity index (χ1) is 21.9. The second-order valence-corrected chi connectivity index (χ2v) is 13.4. The van der Waals surface area contributed by atoms with E-state index in [-0.39, 0.29) is 17.0 Å². The van der Waals surface area contributed by atoms with Gasteiger partial charge in [-0.05, 0) is 95.5 Å². The van der Waals surface area contributed by atoms with Crippen molar-refractivity contribution in [1.29, 1.82) is 0 Å². The molecule has 0 saturated heterocycles. The summed E-state index contributed by atoms with van der Waals surface area (Å²) in [5, 5.41) is 18.0. The molecule has 4 aromatic rings. The van der Waals surface area contributed by atoms with Gasteiger partial charge in [-0.2, -0.15) is 5.10 Å². The number of aromatic nitrogens is 3. The third kappa shape index (κ3) is 6.23. The fourth-order valence-electron chi connectivity index (χ4n) is 6.78. The first-order valence-electron chi connectivity index (χ1n) is 16.1. The Morgan fingerprint density at radius 2 is 1.80 bits per heavy atom. The Labute approximate surface area is 268 Å². The van der Waals surface area contributed by atoms with Crippen LogP contribution in [-0.2, 0) is 16.0 Å². The van der Waals surface area contributed by atoms with Gasteiger partial charge in [-0.3, -0.25) is 4.79 Å². The van der Waals surface area contributed by atoms with E-state index in [1.165, 1.54) is 48.2 Å². The molecule has 46 heavy (non-hydrogen) atoms. The van der Waals surface area contributed by atoms with Crippen molar-refractivity contribution < 1.29 is 28.6 Å². The fraction of sp³-hybridized carbons (Fsp3) is 0.444. The molecule has 1 amide bonds. The highest BCUT2D eigenvalue weighted by Gasteiger charge is 2.35. The molecule has 2 aliphatic rings. The molecule has 3 heterocycles. The lowest BCUT2D eigenvalue weighted by Gasteiger charge is -2.28. The van der Waals surface area contributed by atoms with Gasteiger partial charge < -0.3 is 19.9 Å². The molecule has 0 radical (unpaired) electrons. The van der Waals surface area contributed by atoms with E-state index in [4.69, 9.17) is 9.47 Å². The van der Waals surface area contributed by atoms with Crippen LogP contribution in [0.5, 0.6) is 5.75 Å². The lowest BCUT2D eigenvalue weighted by Crippen LogP contribution is -2.29. The zero-order chi connectivity index (χ0) is 32.7. The normalized spacial score (nSPS) is 16.1. The number of hydrogen-bond donors (Lipinski definition) is 2. The predicted octanol–water partition coefficient (Wildman–Crippen LogP) is 7.72. The van der Waals surface area contributed by atoms with E-state index < -0.39 is 29.4 Å². The molecule has 6 rings (SSSR count). The summed E-state index contributed by atoms with van der Waals surface area (Å²) in [4.78, 5) is 30.9. The molecule has 0 spiro atoms. The van der Waals surface area contributed by atoms with E-state index in [0.29, 0.717) is 47.2 Å². The average Bonchev–Trinajstić information content (AvgIpc) is 3.45. The highest BCUT2D eigenvalue weighted by atomic mass is 19.1. The number of nitrogens with zero attached hydrogens (tertiary/aromatic N) is 3. The second-order valence-electron chi connectivity index (χ2n) is 13.4. The fourth-order valence-corrected chi connectivity index (χ4v) is 6.78. The number of benzene rings is 2. The summed E-state index contributed by atoms with van der Waals surface area (Å²) >= 11 is 0. The van der Waals surface area contributed by atoms with E-state index in [0.717, 1.165) is 17.5 Å². The maximum atomic E-state index is 15.6. The monoisotopic (exact) mass is 628 g/mol. The van der Waals surface area contributed by atoms with E-state index in [1.54, 1.807) is 33.8 Å². The number of aryl methyl sites for hydroxylation is 1. The summed E-state index contributed by atoms with van der Waals surface area (Å²) in [6, 6.07) is 10.9. The van der Waals surface area contributed by atoms with Crippen molar-refractivity contribution in [2.75, 3.05) is 11.9 Å². The molecule has 1 atom stereocenters. The quantitative estimate of drug-likeness (QED) is 0.215. The largest absolute Gasteiger partial charge is 0.490 e. The molecule has 2 aromatic carbocycles. The van der Waals surface area contributed by atoms with Crippen LogP contribution < -0.4 is 10.1 Å². The number of nitrogens with one attached hydrogen (secondary N) is 1. The third-order valence-corrected chi connectivity index (χ3v) is 8.96. The van der Waals surface area contributed by atoms with Crippen LogP contribution in [0, 0.1) is 19.7 Å². The van der Waals surface area contributed by atoms with Gasteiger partial charge in [0.2, 0.25) is 0 Å². The van der Waals surface area contributed by atoms with Crippen LogP contribution in [0.1, 0.15) is 110 Å². The smallest absolute Gasteiger partial charge is 0.337 e. The number of halogens is 1. The molecule has 2 N–H and O–H groups in total. The molecule has 2 aromatic heterocycles. The molecule has 9 nitrogen and oxygen atoms in total. The number of fused-ring (bicyclic) bond motifs is 2. The Hall–Kier alpha value is -4.31. The Bertz CT molecular complexity index is 1800. The lowest BCUT2D eigenvalue weighted by molar-refractivity contribution is -0.160. The van der Waals surface area contributed by atoms with Gasteiger partial charge in [-0.15, -0.1) is 0 Å². The van der Waals surface area contributed by atoms with Crippen LogP contribution in [0.25, 0.3) is 16.9 Å². The first-order valence-corrected chi connectivity index (χ1v) is 16.1. The molecule has 1 saturated carbocycles. The highest BCUT2D eigenvalue weighted by Crippen LogP contribution is 2.42. The number of carbonyl (C=O) groups is 2. The summed E-state index contributed by atoms with van der Waals surface area (Å²) in [6.07, 6.45) is 6.06. The van der Waals surface area contributed by atoms with Crippen LogP contribution >= 0.6 is 0 Å². The molecule has 0 bridgehead atoms.